The molecule has 1 amide bonds. The molecule has 0 unspecified atom stereocenters. The Balaban J connectivity index is 1.95. The maximum Gasteiger partial charge on any atom is 0.251 e. The van der Waals surface area contributed by atoms with E-state index in [0.29, 0.717) is 21.5 Å². The van der Waals surface area contributed by atoms with Crippen molar-refractivity contribution in [3.05, 3.63) is 33.8 Å². The summed E-state index contributed by atoms with van der Waals surface area (Å²) in [5.41, 5.74) is -0.375. The van der Waals surface area contributed by atoms with Crippen LogP contribution in [0.25, 0.3) is 0 Å². The predicted molar refractivity (Wildman–Crippen MR) is 81.4 cm³/mol. The molecule has 1 aliphatic rings. The molecule has 1 fully saturated rings. The molecule has 20 heavy (non-hydrogen) atoms. The van der Waals surface area contributed by atoms with Gasteiger partial charge in [-0.2, -0.15) is 0 Å². The number of rotatable bonds is 3. The predicted octanol–water partition coefficient (Wildman–Crippen LogP) is 3.66. The molecule has 0 spiro atoms. The van der Waals surface area contributed by atoms with Crippen LogP contribution in [0.1, 0.15) is 43.0 Å². The lowest BCUT2D eigenvalue weighted by molar-refractivity contribution is -0.00539. The van der Waals surface area contributed by atoms with Crippen molar-refractivity contribution in [2.75, 3.05) is 6.54 Å². The molecule has 1 aliphatic carbocycles. The van der Waals surface area contributed by atoms with Gasteiger partial charge in [0.1, 0.15) is 0 Å². The van der Waals surface area contributed by atoms with Crippen molar-refractivity contribution < 1.29 is 9.90 Å². The van der Waals surface area contributed by atoms with Crippen molar-refractivity contribution in [2.45, 2.75) is 38.2 Å². The average Bonchev–Trinajstić information content (AvgIpc) is 2.39. The number of halogens is 2. The number of carbonyl (C=O) groups is 1. The molecule has 2 rings (SSSR count). The van der Waals surface area contributed by atoms with Crippen LogP contribution in [-0.2, 0) is 0 Å². The lowest BCUT2D eigenvalue weighted by atomic mass is 9.79. The van der Waals surface area contributed by atoms with Crippen LogP contribution >= 0.6 is 23.2 Å². The van der Waals surface area contributed by atoms with E-state index in [2.05, 4.69) is 12.2 Å². The Morgan fingerprint density at radius 1 is 1.30 bits per heavy atom. The van der Waals surface area contributed by atoms with Crippen LogP contribution in [0, 0.1) is 5.92 Å². The van der Waals surface area contributed by atoms with Gasteiger partial charge in [0.25, 0.3) is 5.91 Å². The monoisotopic (exact) mass is 315 g/mol. The topological polar surface area (TPSA) is 49.3 Å². The van der Waals surface area contributed by atoms with Gasteiger partial charge in [0.15, 0.2) is 0 Å². The normalized spacial score (nSPS) is 26.3. The summed E-state index contributed by atoms with van der Waals surface area (Å²) in [6, 6.07) is 4.71. The summed E-state index contributed by atoms with van der Waals surface area (Å²) in [7, 11) is 0. The van der Waals surface area contributed by atoms with Gasteiger partial charge in [0.05, 0.1) is 5.60 Å². The maximum atomic E-state index is 12.1. The van der Waals surface area contributed by atoms with E-state index < -0.39 is 5.60 Å². The highest BCUT2D eigenvalue weighted by Gasteiger charge is 2.32. The minimum Gasteiger partial charge on any atom is -0.388 e. The number of amides is 1. The Bertz CT molecular complexity index is 476. The van der Waals surface area contributed by atoms with Gasteiger partial charge in [-0.25, -0.2) is 0 Å². The Hall–Kier alpha value is -0.770. The molecule has 1 aromatic carbocycles. The first kappa shape index (κ1) is 15.6. The first-order chi connectivity index (χ1) is 9.38. The standard InChI is InChI=1S/C15H19Cl2NO2/c1-10-2-4-15(20,5-3-10)9-18-14(19)11-6-12(16)8-13(17)7-11/h6-8,10,20H,2-5,9H2,1H3,(H,18,19). The Morgan fingerprint density at radius 2 is 1.85 bits per heavy atom. The second-order valence-corrected chi connectivity index (χ2v) is 6.62. The summed E-state index contributed by atoms with van der Waals surface area (Å²) in [5, 5.41) is 14.0. The zero-order valence-corrected chi connectivity index (χ0v) is 13.0. The Labute approximate surface area is 129 Å². The van der Waals surface area contributed by atoms with Crippen LogP contribution in [0.15, 0.2) is 18.2 Å². The number of nitrogens with one attached hydrogen (secondary N) is 1. The third-order valence-corrected chi connectivity index (χ3v) is 4.34. The summed E-state index contributed by atoms with van der Waals surface area (Å²) in [6.45, 7) is 2.45. The Morgan fingerprint density at radius 3 is 2.40 bits per heavy atom. The molecule has 110 valence electrons. The van der Waals surface area contributed by atoms with Crippen LogP contribution in [-0.4, -0.2) is 23.2 Å². The minimum absolute atomic E-state index is 0.263. The zero-order chi connectivity index (χ0) is 14.8. The number of carbonyl (C=O) groups excluding carboxylic acids is 1. The lowest BCUT2D eigenvalue weighted by Gasteiger charge is -2.34. The van der Waals surface area contributed by atoms with Crippen LogP contribution in [0.5, 0.6) is 0 Å². The SMILES string of the molecule is CC1CCC(O)(CNC(=O)c2cc(Cl)cc(Cl)c2)CC1. The lowest BCUT2D eigenvalue weighted by Crippen LogP contribution is -2.45. The molecule has 0 saturated heterocycles. The van der Waals surface area contributed by atoms with Gasteiger partial charge in [-0.05, 0) is 49.8 Å². The van der Waals surface area contributed by atoms with Gasteiger partial charge in [-0.3, -0.25) is 4.79 Å². The highest BCUT2D eigenvalue weighted by Crippen LogP contribution is 2.31. The molecule has 0 atom stereocenters. The van der Waals surface area contributed by atoms with Crippen molar-refractivity contribution >= 4 is 29.1 Å². The minimum atomic E-state index is -0.787. The maximum absolute atomic E-state index is 12.1. The fourth-order valence-corrected chi connectivity index (χ4v) is 3.03. The highest BCUT2D eigenvalue weighted by molar-refractivity contribution is 6.35. The fraction of sp³-hybridized carbons (Fsp3) is 0.533. The molecule has 5 heteroatoms. The van der Waals surface area contributed by atoms with Gasteiger partial charge >= 0.3 is 0 Å². The van der Waals surface area contributed by atoms with Gasteiger partial charge in [0, 0.05) is 22.2 Å². The van der Waals surface area contributed by atoms with Gasteiger partial charge in [0.2, 0.25) is 0 Å². The van der Waals surface area contributed by atoms with Gasteiger partial charge in [-0.15, -0.1) is 0 Å². The quantitative estimate of drug-likeness (QED) is 0.894. The van der Waals surface area contributed by atoms with E-state index in [-0.39, 0.29) is 12.5 Å². The molecular formula is C15H19Cl2NO2. The van der Waals surface area contributed by atoms with E-state index in [4.69, 9.17) is 23.2 Å². The van der Waals surface area contributed by atoms with Crippen molar-refractivity contribution in [2.24, 2.45) is 5.92 Å². The zero-order valence-electron chi connectivity index (χ0n) is 11.5. The van der Waals surface area contributed by atoms with E-state index in [9.17, 15) is 9.90 Å². The summed E-state index contributed by atoms with van der Waals surface area (Å²) < 4.78 is 0. The molecule has 2 N–H and O–H groups in total. The molecule has 1 aromatic rings. The fourth-order valence-electron chi connectivity index (χ4n) is 2.51. The molecule has 0 aromatic heterocycles. The van der Waals surface area contributed by atoms with Crippen LogP contribution < -0.4 is 5.32 Å². The van der Waals surface area contributed by atoms with E-state index in [1.807, 2.05) is 0 Å². The number of aliphatic hydroxyl groups is 1. The first-order valence-corrected chi connectivity index (χ1v) is 7.60. The summed E-state index contributed by atoms with van der Waals surface area (Å²) in [5.74, 6) is 0.388. The summed E-state index contributed by atoms with van der Waals surface area (Å²) in [4.78, 5) is 12.1. The van der Waals surface area contributed by atoms with Gasteiger partial charge < -0.3 is 10.4 Å². The number of hydrogen-bond acceptors (Lipinski definition) is 2. The van der Waals surface area contributed by atoms with Crippen molar-refractivity contribution in [3.8, 4) is 0 Å². The molecular weight excluding hydrogens is 297 g/mol. The molecule has 0 heterocycles. The molecule has 0 bridgehead atoms. The van der Waals surface area contributed by atoms with Crippen molar-refractivity contribution in [1.29, 1.82) is 0 Å². The molecule has 3 nitrogen and oxygen atoms in total. The van der Waals surface area contributed by atoms with Crippen LogP contribution in [0.4, 0.5) is 0 Å². The third-order valence-electron chi connectivity index (χ3n) is 3.91. The Kier molecular flexibility index (Phi) is 4.95. The largest absolute Gasteiger partial charge is 0.388 e. The number of benzene rings is 1. The van der Waals surface area contributed by atoms with E-state index >= 15 is 0 Å². The molecule has 0 radical (unpaired) electrons. The average molecular weight is 316 g/mol. The van der Waals surface area contributed by atoms with Crippen molar-refractivity contribution in [3.63, 3.8) is 0 Å². The van der Waals surface area contributed by atoms with E-state index in [1.165, 1.54) is 0 Å². The van der Waals surface area contributed by atoms with E-state index in [0.717, 1.165) is 25.7 Å². The summed E-state index contributed by atoms with van der Waals surface area (Å²) in [6.07, 6.45) is 3.44. The first-order valence-electron chi connectivity index (χ1n) is 6.85. The second-order valence-electron chi connectivity index (χ2n) is 5.75. The van der Waals surface area contributed by atoms with Crippen molar-refractivity contribution in [1.82, 2.24) is 5.32 Å². The smallest absolute Gasteiger partial charge is 0.251 e. The second kappa shape index (κ2) is 6.33. The van der Waals surface area contributed by atoms with E-state index in [1.54, 1.807) is 18.2 Å². The molecule has 1 saturated carbocycles. The molecule has 0 aliphatic heterocycles. The van der Waals surface area contributed by atoms with Crippen LogP contribution in [0.3, 0.4) is 0 Å². The van der Waals surface area contributed by atoms with Gasteiger partial charge in [-0.1, -0.05) is 30.1 Å². The number of hydrogen-bond donors (Lipinski definition) is 2. The highest BCUT2D eigenvalue weighted by atomic mass is 35.5. The third kappa shape index (κ3) is 4.11. The van der Waals surface area contributed by atoms with Crippen LogP contribution in [0.2, 0.25) is 10.0 Å². The summed E-state index contributed by atoms with van der Waals surface area (Å²) >= 11 is 11.7.